The van der Waals surface area contributed by atoms with Gasteiger partial charge in [0.05, 0.1) is 22.2 Å². The number of aromatic amines is 1. The van der Waals surface area contributed by atoms with Gasteiger partial charge in [-0.05, 0) is 127 Å². The third-order valence-electron chi connectivity index (χ3n) is 9.79. The van der Waals surface area contributed by atoms with Gasteiger partial charge in [0.25, 0.3) is 5.91 Å². The highest BCUT2D eigenvalue weighted by Gasteiger charge is 2.44. The molecule has 0 aliphatic carbocycles. The number of carbonyl (C=O) groups is 2. The minimum atomic E-state index is -4.07. The number of fused-ring (bicyclic) bond motifs is 3. The number of H-pyrrole nitrogens is 1. The summed E-state index contributed by atoms with van der Waals surface area (Å²) in [4.78, 5) is 28.2. The third kappa shape index (κ3) is 9.07. The molecular weight excluding hydrogens is 651 g/mol. The molecule has 258 valence electrons. The summed E-state index contributed by atoms with van der Waals surface area (Å²) < 4.78 is 51.9. The van der Waals surface area contributed by atoms with Gasteiger partial charge in [-0.1, -0.05) is 11.6 Å². The van der Waals surface area contributed by atoms with Crippen LogP contribution in [0.2, 0.25) is 5.02 Å². The molecule has 47 heavy (non-hydrogen) atoms. The van der Waals surface area contributed by atoms with E-state index in [1.54, 1.807) is 6.07 Å². The normalized spacial score (nSPS) is 24.9. The van der Waals surface area contributed by atoms with E-state index in [4.69, 9.17) is 11.6 Å². The number of nitrogens with one attached hydrogen (secondary N) is 3. The summed E-state index contributed by atoms with van der Waals surface area (Å²) >= 11 is 6.10. The molecule has 3 unspecified atom stereocenters. The first-order chi connectivity index (χ1) is 22.3. The van der Waals surface area contributed by atoms with Gasteiger partial charge >= 0.3 is 6.18 Å². The standard InChI is InChI=1S/C18H30F3N3O2S.C16H15ClN2O/c19-18(20,21)6-1-7-23-8-4-14(5-9-23)12-27(26)24-16-2-3-17(24)11-15(10-16)22-13-25;1-8-5-11-12(6-14-9(2)4-10(3)18-14)16(20)19-15(11)7-13(8)17/h13-17H,1-12H2,(H,22,25);4-7,18H,1-3H3,(H,19,20)/b;12-6-/t15?,16-,17?,27?;/m1./s1. The average Bonchev–Trinajstić information content (AvgIpc) is 3.58. The molecule has 6 rings (SSSR count). The first kappa shape index (κ1) is 35.6. The number of hydrogen-bond acceptors (Lipinski definition) is 4. The van der Waals surface area contributed by atoms with Crippen LogP contribution in [0.3, 0.4) is 0 Å². The molecule has 0 radical (unpaired) electrons. The van der Waals surface area contributed by atoms with Crippen molar-refractivity contribution in [3.05, 3.63) is 51.3 Å². The summed E-state index contributed by atoms with van der Waals surface area (Å²) in [6, 6.07) is 6.61. The number of rotatable bonds is 9. The summed E-state index contributed by atoms with van der Waals surface area (Å²) in [5.41, 5.74) is 6.49. The van der Waals surface area contributed by atoms with Crippen LogP contribution in [0.25, 0.3) is 11.6 Å². The Hall–Kier alpha value is -2.67. The average molecular weight is 696 g/mol. The van der Waals surface area contributed by atoms with E-state index in [1.807, 2.05) is 32.9 Å². The Morgan fingerprint density at radius 3 is 2.32 bits per heavy atom. The molecule has 0 saturated carbocycles. The second kappa shape index (κ2) is 15.3. The fourth-order valence-electron chi connectivity index (χ4n) is 7.37. The highest BCUT2D eigenvalue weighted by molar-refractivity contribution is 7.82. The molecule has 0 spiro atoms. The number of alkyl halides is 3. The van der Waals surface area contributed by atoms with E-state index >= 15 is 0 Å². The maximum absolute atomic E-state index is 13.0. The highest BCUT2D eigenvalue weighted by atomic mass is 35.5. The quantitative estimate of drug-likeness (QED) is 0.205. The zero-order valence-corrected chi connectivity index (χ0v) is 28.8. The fourth-order valence-corrected chi connectivity index (χ4v) is 9.49. The number of aromatic nitrogens is 1. The van der Waals surface area contributed by atoms with Gasteiger partial charge in [0.1, 0.15) is 0 Å². The lowest BCUT2D eigenvalue weighted by Crippen LogP contribution is -2.50. The maximum Gasteiger partial charge on any atom is 0.389 e. The molecule has 3 N–H and O–H groups in total. The number of likely N-dealkylation sites (tertiary alicyclic amines) is 1. The molecule has 13 heteroatoms. The van der Waals surface area contributed by atoms with Crippen LogP contribution in [0.5, 0.6) is 0 Å². The number of nitrogens with zero attached hydrogens (tertiary/aromatic N) is 2. The monoisotopic (exact) mass is 695 g/mol. The summed E-state index contributed by atoms with van der Waals surface area (Å²) in [5, 5.41) is 6.40. The lowest BCUT2D eigenvalue weighted by atomic mass is 9.99. The number of carbonyl (C=O) groups excluding carboxylic acids is 2. The van der Waals surface area contributed by atoms with Crippen LogP contribution < -0.4 is 10.6 Å². The second-order valence-electron chi connectivity index (χ2n) is 13.4. The number of piperidine rings is 2. The van der Waals surface area contributed by atoms with Crippen LogP contribution in [0.1, 0.15) is 79.4 Å². The molecule has 1 aromatic heterocycles. The number of aryl methyl sites for hydroxylation is 3. The smallest absolute Gasteiger partial charge is 0.359 e. The zero-order chi connectivity index (χ0) is 33.9. The van der Waals surface area contributed by atoms with E-state index in [1.165, 1.54) is 0 Å². The van der Waals surface area contributed by atoms with Gasteiger partial charge in [-0.2, -0.15) is 13.2 Å². The van der Waals surface area contributed by atoms with Gasteiger partial charge in [0.15, 0.2) is 0 Å². The van der Waals surface area contributed by atoms with Crippen LogP contribution in [-0.2, 0) is 20.6 Å². The summed E-state index contributed by atoms with van der Waals surface area (Å²) in [6.45, 7) is 8.07. The van der Waals surface area contributed by atoms with Crippen LogP contribution in [0.15, 0.2) is 18.2 Å². The lowest BCUT2D eigenvalue weighted by molar-refractivity contribution is -0.136. The number of amides is 2. The molecule has 1 aromatic carbocycles. The van der Waals surface area contributed by atoms with E-state index in [0.29, 0.717) is 40.9 Å². The Morgan fingerprint density at radius 2 is 1.72 bits per heavy atom. The molecule has 3 saturated heterocycles. The number of hydrogen-bond donors (Lipinski definition) is 3. The Labute approximate surface area is 282 Å². The minimum absolute atomic E-state index is 0.0895. The van der Waals surface area contributed by atoms with Gasteiger partial charge in [0.2, 0.25) is 6.41 Å². The molecule has 4 atom stereocenters. The van der Waals surface area contributed by atoms with Crippen molar-refractivity contribution in [2.45, 2.75) is 96.4 Å². The van der Waals surface area contributed by atoms with E-state index in [0.717, 1.165) is 91.8 Å². The molecule has 2 aromatic rings. The Morgan fingerprint density at radius 1 is 1.04 bits per heavy atom. The first-order valence-corrected chi connectivity index (χ1v) is 18.1. The zero-order valence-electron chi connectivity index (χ0n) is 27.2. The number of benzene rings is 1. The lowest BCUT2D eigenvalue weighted by Gasteiger charge is -2.39. The Kier molecular flexibility index (Phi) is 11.6. The van der Waals surface area contributed by atoms with Crippen molar-refractivity contribution in [3.63, 3.8) is 0 Å². The molecule has 2 amide bonds. The predicted molar refractivity (Wildman–Crippen MR) is 181 cm³/mol. The van der Waals surface area contributed by atoms with Gasteiger partial charge in [-0.15, -0.1) is 0 Å². The predicted octanol–water partition coefficient (Wildman–Crippen LogP) is 6.53. The number of halogens is 4. The van der Waals surface area contributed by atoms with Gasteiger partial charge in [-0.3, -0.25) is 9.59 Å². The Balaban J connectivity index is 0.000000193. The fraction of sp³-hybridized carbons (Fsp3) is 0.588. The third-order valence-corrected chi connectivity index (χ3v) is 12.0. The van der Waals surface area contributed by atoms with Crippen molar-refractivity contribution in [2.24, 2.45) is 5.92 Å². The Bertz CT molecular complexity index is 1490. The van der Waals surface area contributed by atoms with Gasteiger partial charge in [-0.25, -0.2) is 8.51 Å². The highest BCUT2D eigenvalue weighted by Crippen LogP contribution is 2.38. The van der Waals surface area contributed by atoms with E-state index in [-0.39, 0.29) is 18.4 Å². The van der Waals surface area contributed by atoms with E-state index < -0.39 is 23.6 Å². The molecule has 5 heterocycles. The van der Waals surface area contributed by atoms with E-state index in [9.17, 15) is 27.0 Å². The molecule has 4 aliphatic rings. The van der Waals surface area contributed by atoms with E-state index in [2.05, 4.69) is 30.9 Å². The second-order valence-corrected chi connectivity index (χ2v) is 15.2. The van der Waals surface area contributed by atoms with Gasteiger partial charge in [0, 0.05) is 52.3 Å². The van der Waals surface area contributed by atoms with Crippen molar-refractivity contribution in [2.75, 3.05) is 30.7 Å². The molecular formula is C34H45ClF3N5O3S. The molecule has 3 fully saturated rings. The molecule has 4 aliphatic heterocycles. The van der Waals surface area contributed by atoms with Crippen molar-refractivity contribution >= 4 is 52.2 Å². The summed E-state index contributed by atoms with van der Waals surface area (Å²) in [7, 11) is -0.999. The molecule has 8 nitrogen and oxygen atoms in total. The maximum atomic E-state index is 13.0. The summed E-state index contributed by atoms with van der Waals surface area (Å²) in [6.07, 6.45) is 3.71. The van der Waals surface area contributed by atoms with Crippen molar-refractivity contribution in [1.29, 1.82) is 0 Å². The van der Waals surface area contributed by atoms with Gasteiger partial charge < -0.3 is 20.5 Å². The molecule has 2 bridgehead atoms. The SMILES string of the molecule is Cc1cc(C)c(/C=C2\C(=O)Nc3cc(Cl)c(C)cc32)[nH]1.O=CNC1CC2CC[C@H](C1)N2S(=O)CC1CCN(CCCC(F)(F)F)CC1. The number of anilines is 1. The topological polar surface area (TPSA) is 97.5 Å². The first-order valence-electron chi connectivity index (χ1n) is 16.5. The summed E-state index contributed by atoms with van der Waals surface area (Å²) in [5.74, 6) is 0.957. The van der Waals surface area contributed by atoms with Crippen molar-refractivity contribution in [3.8, 4) is 0 Å². The van der Waals surface area contributed by atoms with Crippen molar-refractivity contribution < 1.29 is 27.0 Å². The van der Waals surface area contributed by atoms with Crippen molar-refractivity contribution in [1.82, 2.24) is 19.5 Å². The minimum Gasteiger partial charge on any atom is -0.359 e. The largest absolute Gasteiger partial charge is 0.389 e. The van der Waals surface area contributed by atoms with Crippen LogP contribution in [-0.4, -0.2) is 80.4 Å². The van der Waals surface area contributed by atoms with Crippen LogP contribution in [0.4, 0.5) is 18.9 Å². The van der Waals surface area contributed by atoms with Crippen LogP contribution in [0, 0.1) is 26.7 Å². The van der Waals surface area contributed by atoms with Crippen LogP contribution >= 0.6 is 11.6 Å².